The van der Waals surface area contributed by atoms with Gasteiger partial charge in [0, 0.05) is 13.5 Å². The maximum atomic E-state index is 11.9. The van der Waals surface area contributed by atoms with Crippen LogP contribution in [0.4, 0.5) is 5.69 Å². The minimum atomic E-state index is -0.977. The van der Waals surface area contributed by atoms with Crippen LogP contribution in [0.5, 0.6) is 5.75 Å². The molecular formula is C13H15N3O4. The Labute approximate surface area is 115 Å². The number of hydrazine groups is 1. The van der Waals surface area contributed by atoms with E-state index in [0.717, 1.165) is 5.01 Å². The Morgan fingerprint density at radius 3 is 2.70 bits per heavy atom. The molecule has 0 bridgehead atoms. The Morgan fingerprint density at radius 1 is 1.40 bits per heavy atom. The van der Waals surface area contributed by atoms with E-state index in [2.05, 4.69) is 10.7 Å². The van der Waals surface area contributed by atoms with Crippen molar-refractivity contribution in [3.8, 4) is 5.75 Å². The van der Waals surface area contributed by atoms with Gasteiger partial charge in [-0.1, -0.05) is 12.1 Å². The lowest BCUT2D eigenvalue weighted by Gasteiger charge is -2.10. The minimum Gasteiger partial charge on any atom is -0.495 e. The SMILES string of the molecule is COc1ccccc1NC(=O)CC1C(=O)NN(C)C1=O. The zero-order valence-corrected chi connectivity index (χ0v) is 11.2. The van der Waals surface area contributed by atoms with Crippen molar-refractivity contribution in [3.63, 3.8) is 0 Å². The second kappa shape index (κ2) is 5.60. The van der Waals surface area contributed by atoms with Gasteiger partial charge in [-0.15, -0.1) is 0 Å². The Kier molecular flexibility index (Phi) is 3.88. The molecule has 20 heavy (non-hydrogen) atoms. The number of anilines is 1. The summed E-state index contributed by atoms with van der Waals surface area (Å²) in [4.78, 5) is 35.1. The lowest BCUT2D eigenvalue weighted by Crippen LogP contribution is -2.31. The summed E-state index contributed by atoms with van der Waals surface area (Å²) < 4.78 is 5.11. The molecule has 7 heteroatoms. The number of amides is 3. The summed E-state index contributed by atoms with van der Waals surface area (Å²) in [6, 6.07) is 6.91. The predicted molar refractivity (Wildman–Crippen MR) is 70.6 cm³/mol. The van der Waals surface area contributed by atoms with Crippen molar-refractivity contribution in [1.29, 1.82) is 0 Å². The van der Waals surface area contributed by atoms with Crippen molar-refractivity contribution in [2.24, 2.45) is 5.92 Å². The fraction of sp³-hybridized carbons (Fsp3) is 0.308. The van der Waals surface area contributed by atoms with Gasteiger partial charge in [0.25, 0.3) is 11.8 Å². The van der Waals surface area contributed by atoms with Crippen molar-refractivity contribution < 1.29 is 19.1 Å². The quantitative estimate of drug-likeness (QED) is 0.766. The summed E-state index contributed by atoms with van der Waals surface area (Å²) >= 11 is 0. The predicted octanol–water partition coefficient (Wildman–Crippen LogP) is 0.143. The molecule has 0 radical (unpaired) electrons. The van der Waals surface area contributed by atoms with Crippen LogP contribution in [0.2, 0.25) is 0 Å². The van der Waals surface area contributed by atoms with Crippen molar-refractivity contribution in [2.45, 2.75) is 6.42 Å². The molecule has 2 rings (SSSR count). The third kappa shape index (κ3) is 2.71. The molecule has 1 aromatic carbocycles. The minimum absolute atomic E-state index is 0.201. The van der Waals surface area contributed by atoms with Gasteiger partial charge in [-0.25, -0.2) is 0 Å². The van der Waals surface area contributed by atoms with Crippen molar-refractivity contribution in [3.05, 3.63) is 24.3 Å². The molecule has 0 spiro atoms. The van der Waals surface area contributed by atoms with Gasteiger partial charge in [0.15, 0.2) is 0 Å². The largest absolute Gasteiger partial charge is 0.495 e. The van der Waals surface area contributed by atoms with Crippen LogP contribution in [0, 0.1) is 5.92 Å². The van der Waals surface area contributed by atoms with Crippen LogP contribution in [-0.2, 0) is 14.4 Å². The molecule has 1 unspecified atom stereocenters. The lowest BCUT2D eigenvalue weighted by atomic mass is 10.0. The van der Waals surface area contributed by atoms with E-state index in [4.69, 9.17) is 4.74 Å². The highest BCUT2D eigenvalue weighted by Gasteiger charge is 2.38. The molecule has 1 fully saturated rings. The van der Waals surface area contributed by atoms with Gasteiger partial charge in [0.1, 0.15) is 11.7 Å². The van der Waals surface area contributed by atoms with E-state index < -0.39 is 23.6 Å². The Hall–Kier alpha value is -2.57. The summed E-state index contributed by atoms with van der Waals surface area (Å²) in [5, 5.41) is 3.72. The average molecular weight is 277 g/mol. The monoisotopic (exact) mass is 277 g/mol. The molecule has 0 aromatic heterocycles. The summed E-state index contributed by atoms with van der Waals surface area (Å²) in [5.41, 5.74) is 2.85. The standard InChI is InChI=1S/C13H15N3O4/c1-16-13(19)8(12(18)15-16)7-11(17)14-9-5-3-4-6-10(9)20-2/h3-6,8H,7H2,1-2H3,(H,14,17)(H,15,18). The molecule has 7 nitrogen and oxygen atoms in total. The van der Waals surface area contributed by atoms with Gasteiger partial charge >= 0.3 is 0 Å². The molecule has 0 saturated carbocycles. The Balaban J connectivity index is 2.03. The molecule has 1 aliphatic heterocycles. The van der Waals surface area contributed by atoms with Gasteiger partial charge in [0.05, 0.1) is 12.8 Å². The number of para-hydroxylation sites is 2. The molecule has 1 saturated heterocycles. The van der Waals surface area contributed by atoms with Crippen LogP contribution in [0.1, 0.15) is 6.42 Å². The van der Waals surface area contributed by atoms with Crippen LogP contribution in [0.15, 0.2) is 24.3 Å². The third-order valence-corrected chi connectivity index (χ3v) is 2.99. The normalized spacial score (nSPS) is 17.9. The summed E-state index contributed by atoms with van der Waals surface area (Å²) in [6.45, 7) is 0. The zero-order valence-electron chi connectivity index (χ0n) is 11.2. The van der Waals surface area contributed by atoms with Crippen LogP contribution in [0.3, 0.4) is 0 Å². The first-order chi connectivity index (χ1) is 9.52. The van der Waals surface area contributed by atoms with E-state index in [-0.39, 0.29) is 6.42 Å². The van der Waals surface area contributed by atoms with E-state index >= 15 is 0 Å². The number of rotatable bonds is 4. The molecule has 1 aromatic rings. The fourth-order valence-electron chi connectivity index (χ4n) is 1.96. The summed E-state index contributed by atoms with van der Waals surface area (Å²) in [6.07, 6.45) is -0.201. The van der Waals surface area contributed by atoms with E-state index in [0.29, 0.717) is 11.4 Å². The number of benzene rings is 1. The van der Waals surface area contributed by atoms with Crippen molar-refractivity contribution in [1.82, 2.24) is 10.4 Å². The number of nitrogens with zero attached hydrogens (tertiary/aromatic N) is 1. The van der Waals surface area contributed by atoms with Crippen LogP contribution >= 0.6 is 0 Å². The number of carbonyl (C=O) groups excluding carboxylic acids is 3. The first kappa shape index (κ1) is 13.9. The van der Waals surface area contributed by atoms with E-state index in [9.17, 15) is 14.4 Å². The summed E-state index contributed by atoms with van der Waals surface area (Å²) in [7, 11) is 2.94. The number of methoxy groups -OCH3 is 1. The number of nitrogens with one attached hydrogen (secondary N) is 2. The third-order valence-electron chi connectivity index (χ3n) is 2.99. The van der Waals surface area contributed by atoms with Crippen LogP contribution < -0.4 is 15.5 Å². The number of carbonyl (C=O) groups is 3. The fourth-order valence-corrected chi connectivity index (χ4v) is 1.96. The highest BCUT2D eigenvalue weighted by atomic mass is 16.5. The molecule has 106 valence electrons. The maximum Gasteiger partial charge on any atom is 0.253 e. The van der Waals surface area contributed by atoms with Gasteiger partial charge < -0.3 is 10.1 Å². The highest BCUT2D eigenvalue weighted by Crippen LogP contribution is 2.24. The second-order valence-electron chi connectivity index (χ2n) is 4.38. The molecular weight excluding hydrogens is 262 g/mol. The van der Waals surface area contributed by atoms with Gasteiger partial charge in [0.2, 0.25) is 5.91 Å². The van der Waals surface area contributed by atoms with E-state index in [1.807, 2.05) is 0 Å². The van der Waals surface area contributed by atoms with Gasteiger partial charge in [-0.3, -0.25) is 24.8 Å². The molecule has 0 aliphatic carbocycles. The average Bonchev–Trinajstić information content (AvgIpc) is 2.66. The van der Waals surface area contributed by atoms with Crippen molar-refractivity contribution >= 4 is 23.4 Å². The lowest BCUT2D eigenvalue weighted by molar-refractivity contribution is -0.134. The highest BCUT2D eigenvalue weighted by molar-refractivity contribution is 6.09. The van der Waals surface area contributed by atoms with Gasteiger partial charge in [-0.2, -0.15) is 0 Å². The first-order valence-corrected chi connectivity index (χ1v) is 6.04. The molecule has 1 heterocycles. The van der Waals surface area contributed by atoms with Crippen LogP contribution in [0.25, 0.3) is 0 Å². The Morgan fingerprint density at radius 2 is 2.10 bits per heavy atom. The first-order valence-electron chi connectivity index (χ1n) is 6.04. The molecule has 1 aliphatic rings. The second-order valence-corrected chi connectivity index (χ2v) is 4.38. The maximum absolute atomic E-state index is 11.9. The van der Waals surface area contributed by atoms with E-state index in [1.165, 1.54) is 14.2 Å². The number of ether oxygens (including phenoxy) is 1. The van der Waals surface area contributed by atoms with Crippen molar-refractivity contribution in [2.75, 3.05) is 19.5 Å². The number of hydrogen-bond donors (Lipinski definition) is 2. The zero-order chi connectivity index (χ0) is 14.7. The topological polar surface area (TPSA) is 87.7 Å². The molecule has 1 atom stereocenters. The molecule has 3 amide bonds. The number of hydrogen-bond acceptors (Lipinski definition) is 4. The Bertz CT molecular complexity index is 558. The van der Waals surface area contributed by atoms with E-state index in [1.54, 1.807) is 24.3 Å². The smallest absolute Gasteiger partial charge is 0.253 e. The van der Waals surface area contributed by atoms with Gasteiger partial charge in [-0.05, 0) is 12.1 Å². The molecule has 2 N–H and O–H groups in total. The summed E-state index contributed by atoms with van der Waals surface area (Å²) in [5.74, 6) is -1.76. The van der Waals surface area contributed by atoms with Crippen LogP contribution in [-0.4, -0.2) is 36.9 Å².